The lowest BCUT2D eigenvalue weighted by molar-refractivity contribution is 0.0971. The van der Waals surface area contributed by atoms with Crippen LogP contribution >= 0.6 is 0 Å². The Labute approximate surface area is 220 Å². The Hall–Kier alpha value is -4.13. The summed E-state index contributed by atoms with van der Waals surface area (Å²) in [6, 6.07) is 16.0. The monoisotopic (exact) mass is 515 g/mol. The number of rotatable bonds is 8. The minimum atomic E-state index is -0.799. The zero-order valence-corrected chi connectivity index (χ0v) is 21.9. The standard InChI is InChI=1S/C31H30FNO5/c1-5-19-6-10-22(11-7-19)33-28(20-8-12-25(26(16-20)36-4)37-15-14-18(2)3)27-29(34)23-17-21(32)9-13-24(23)38-30(27)31(33)35/h6-13,16-18,28H,5,14-15H2,1-4H3. The van der Waals surface area contributed by atoms with Gasteiger partial charge in [0.1, 0.15) is 11.4 Å². The van der Waals surface area contributed by atoms with Gasteiger partial charge in [-0.15, -0.1) is 0 Å². The van der Waals surface area contributed by atoms with E-state index in [1.165, 1.54) is 12.1 Å². The van der Waals surface area contributed by atoms with E-state index >= 15 is 0 Å². The summed E-state index contributed by atoms with van der Waals surface area (Å²) in [5, 5.41) is 0.0883. The molecule has 1 aliphatic rings. The maximum Gasteiger partial charge on any atom is 0.295 e. The fourth-order valence-electron chi connectivity index (χ4n) is 4.80. The number of ether oxygens (including phenoxy) is 2. The summed E-state index contributed by atoms with van der Waals surface area (Å²) in [4.78, 5) is 29.1. The lowest BCUT2D eigenvalue weighted by atomic mass is 9.97. The highest BCUT2D eigenvalue weighted by atomic mass is 19.1. The number of hydrogen-bond donors (Lipinski definition) is 0. The Kier molecular flexibility index (Phi) is 6.93. The largest absolute Gasteiger partial charge is 0.493 e. The Morgan fingerprint density at radius 2 is 1.76 bits per heavy atom. The van der Waals surface area contributed by atoms with E-state index in [0.29, 0.717) is 35.3 Å². The van der Waals surface area contributed by atoms with Gasteiger partial charge in [-0.3, -0.25) is 14.5 Å². The molecule has 4 aromatic rings. The summed E-state index contributed by atoms with van der Waals surface area (Å²) < 4.78 is 31.6. The predicted octanol–water partition coefficient (Wildman–Crippen LogP) is 6.68. The first-order valence-corrected chi connectivity index (χ1v) is 12.8. The number of nitrogens with zero attached hydrogens (tertiary/aromatic N) is 1. The van der Waals surface area contributed by atoms with Crippen LogP contribution in [0.5, 0.6) is 11.5 Å². The van der Waals surface area contributed by atoms with Crippen LogP contribution in [0.2, 0.25) is 0 Å². The van der Waals surface area contributed by atoms with Crippen LogP contribution in [0.15, 0.2) is 69.9 Å². The van der Waals surface area contributed by atoms with E-state index in [1.54, 1.807) is 24.1 Å². The van der Waals surface area contributed by atoms with Gasteiger partial charge in [-0.2, -0.15) is 0 Å². The number of amides is 1. The van der Waals surface area contributed by atoms with Gasteiger partial charge in [-0.25, -0.2) is 4.39 Å². The first-order chi connectivity index (χ1) is 18.3. The van der Waals surface area contributed by atoms with Gasteiger partial charge in [0, 0.05) is 5.69 Å². The van der Waals surface area contributed by atoms with Gasteiger partial charge in [0.2, 0.25) is 5.76 Å². The van der Waals surface area contributed by atoms with Crippen molar-refractivity contribution in [3.05, 3.63) is 99.2 Å². The Bertz CT molecular complexity index is 1560. The topological polar surface area (TPSA) is 69.0 Å². The minimum Gasteiger partial charge on any atom is -0.493 e. The second-order valence-electron chi connectivity index (χ2n) is 9.85. The summed E-state index contributed by atoms with van der Waals surface area (Å²) in [7, 11) is 1.55. The van der Waals surface area contributed by atoms with Gasteiger partial charge < -0.3 is 13.9 Å². The molecule has 1 unspecified atom stereocenters. The molecular formula is C31H30FNO5. The Morgan fingerprint density at radius 1 is 1.00 bits per heavy atom. The van der Waals surface area contributed by atoms with E-state index in [2.05, 4.69) is 20.8 Å². The SMILES string of the molecule is CCc1ccc(N2C(=O)c3oc4ccc(F)cc4c(=O)c3C2c2ccc(OCCC(C)C)c(OC)c2)cc1. The second-order valence-corrected chi connectivity index (χ2v) is 9.85. The first kappa shape index (κ1) is 25.5. The molecular weight excluding hydrogens is 485 g/mol. The average molecular weight is 516 g/mol. The molecule has 0 saturated heterocycles. The van der Waals surface area contributed by atoms with Crippen LogP contribution in [0, 0.1) is 11.7 Å². The molecule has 5 rings (SSSR count). The molecule has 2 heterocycles. The highest BCUT2D eigenvalue weighted by Gasteiger charge is 2.44. The van der Waals surface area contributed by atoms with Crippen LogP contribution in [0.1, 0.15) is 60.5 Å². The number of halogens is 1. The number of hydrogen-bond acceptors (Lipinski definition) is 5. The minimum absolute atomic E-state index is 0.0464. The molecule has 38 heavy (non-hydrogen) atoms. The van der Waals surface area contributed by atoms with E-state index < -0.39 is 23.2 Å². The van der Waals surface area contributed by atoms with Crippen LogP contribution in [-0.4, -0.2) is 19.6 Å². The highest BCUT2D eigenvalue weighted by molar-refractivity contribution is 6.10. The number of carbonyl (C=O) groups excluding carboxylic acids is 1. The van der Waals surface area contributed by atoms with Gasteiger partial charge in [0.05, 0.1) is 30.7 Å². The smallest absolute Gasteiger partial charge is 0.295 e. The number of carbonyl (C=O) groups is 1. The normalized spacial score (nSPS) is 14.8. The van der Waals surface area contributed by atoms with Crippen molar-refractivity contribution in [2.75, 3.05) is 18.6 Å². The third-order valence-corrected chi connectivity index (χ3v) is 6.91. The Balaban J connectivity index is 1.68. The lowest BCUT2D eigenvalue weighted by Gasteiger charge is -2.26. The maximum atomic E-state index is 14.1. The number of methoxy groups -OCH3 is 1. The fourth-order valence-corrected chi connectivity index (χ4v) is 4.80. The van der Waals surface area contributed by atoms with Crippen molar-refractivity contribution in [2.24, 2.45) is 5.92 Å². The highest BCUT2D eigenvalue weighted by Crippen LogP contribution is 2.43. The zero-order valence-electron chi connectivity index (χ0n) is 21.9. The summed E-state index contributed by atoms with van der Waals surface area (Å²) in [5.74, 6) is 0.524. The van der Waals surface area contributed by atoms with Crippen LogP contribution in [0.3, 0.4) is 0 Å². The van der Waals surface area contributed by atoms with Crippen molar-refractivity contribution in [2.45, 2.75) is 39.7 Å². The molecule has 1 atom stereocenters. The van der Waals surface area contributed by atoms with Crippen molar-refractivity contribution in [1.82, 2.24) is 0 Å². The van der Waals surface area contributed by atoms with E-state index in [0.717, 1.165) is 24.5 Å². The molecule has 7 heteroatoms. The number of benzene rings is 3. The molecule has 3 aromatic carbocycles. The van der Waals surface area contributed by atoms with E-state index in [-0.39, 0.29) is 22.3 Å². The van der Waals surface area contributed by atoms with Crippen LogP contribution < -0.4 is 19.8 Å². The predicted molar refractivity (Wildman–Crippen MR) is 145 cm³/mol. The van der Waals surface area contributed by atoms with Crippen molar-refractivity contribution in [3.8, 4) is 11.5 Å². The lowest BCUT2D eigenvalue weighted by Crippen LogP contribution is -2.29. The molecule has 1 aromatic heterocycles. The molecule has 1 aliphatic heterocycles. The number of aryl methyl sites for hydroxylation is 1. The van der Waals surface area contributed by atoms with Crippen molar-refractivity contribution in [1.29, 1.82) is 0 Å². The summed E-state index contributed by atoms with van der Waals surface area (Å²) in [5.41, 5.74) is 2.28. The van der Waals surface area contributed by atoms with Gasteiger partial charge >= 0.3 is 0 Å². The third-order valence-electron chi connectivity index (χ3n) is 6.91. The first-order valence-electron chi connectivity index (χ1n) is 12.8. The number of anilines is 1. The van der Waals surface area contributed by atoms with Crippen molar-refractivity contribution >= 4 is 22.6 Å². The molecule has 0 aliphatic carbocycles. The maximum absolute atomic E-state index is 14.1. The summed E-state index contributed by atoms with van der Waals surface area (Å²) in [6.07, 6.45) is 1.74. The van der Waals surface area contributed by atoms with Crippen LogP contribution in [0.25, 0.3) is 11.0 Å². The van der Waals surface area contributed by atoms with Gasteiger partial charge in [-0.05, 0) is 72.4 Å². The third kappa shape index (κ3) is 4.53. The van der Waals surface area contributed by atoms with Crippen LogP contribution in [0.4, 0.5) is 10.1 Å². The molecule has 196 valence electrons. The molecule has 1 amide bonds. The van der Waals surface area contributed by atoms with E-state index in [9.17, 15) is 14.0 Å². The van der Waals surface area contributed by atoms with Crippen molar-refractivity contribution in [3.63, 3.8) is 0 Å². The Morgan fingerprint density at radius 3 is 2.45 bits per heavy atom. The molecule has 0 bridgehead atoms. The molecule has 6 nitrogen and oxygen atoms in total. The second kappa shape index (κ2) is 10.3. The van der Waals surface area contributed by atoms with Gasteiger partial charge in [0.15, 0.2) is 16.9 Å². The summed E-state index contributed by atoms with van der Waals surface area (Å²) >= 11 is 0. The van der Waals surface area contributed by atoms with E-state index in [4.69, 9.17) is 13.9 Å². The summed E-state index contributed by atoms with van der Waals surface area (Å²) in [6.45, 7) is 6.84. The fraction of sp³-hybridized carbons (Fsp3) is 0.290. The zero-order chi connectivity index (χ0) is 27.0. The average Bonchev–Trinajstić information content (AvgIpc) is 3.21. The molecule has 0 N–H and O–H groups in total. The van der Waals surface area contributed by atoms with Crippen molar-refractivity contribution < 1.29 is 23.1 Å². The molecule has 0 fully saturated rings. The van der Waals surface area contributed by atoms with Gasteiger partial charge in [-0.1, -0.05) is 39.0 Å². The molecule has 0 spiro atoms. The number of fused-ring (bicyclic) bond motifs is 2. The quantitative estimate of drug-likeness (QED) is 0.262. The van der Waals surface area contributed by atoms with Crippen LogP contribution in [-0.2, 0) is 6.42 Å². The van der Waals surface area contributed by atoms with E-state index in [1.807, 2.05) is 30.3 Å². The molecule has 0 radical (unpaired) electrons. The van der Waals surface area contributed by atoms with Gasteiger partial charge in [0.25, 0.3) is 5.91 Å². The molecule has 0 saturated carbocycles.